The third kappa shape index (κ3) is 3.14. The molecule has 0 spiro atoms. The fraction of sp³-hybridized carbons (Fsp3) is 0.188. The Labute approximate surface area is 123 Å². The van der Waals surface area contributed by atoms with Gasteiger partial charge in [-0.15, -0.1) is 11.8 Å². The first-order chi connectivity index (χ1) is 9.65. The summed E-state index contributed by atoms with van der Waals surface area (Å²) in [6, 6.07) is 15.0. The van der Waals surface area contributed by atoms with Gasteiger partial charge in [0.1, 0.15) is 0 Å². The number of amides is 1. The fourth-order valence-corrected chi connectivity index (χ4v) is 2.43. The summed E-state index contributed by atoms with van der Waals surface area (Å²) in [7, 11) is 0. The number of hydrogen-bond acceptors (Lipinski definition) is 3. The summed E-state index contributed by atoms with van der Waals surface area (Å²) in [5.74, 6) is -0.00856. The Morgan fingerprint density at radius 3 is 2.45 bits per heavy atom. The summed E-state index contributed by atoms with van der Waals surface area (Å²) < 4.78 is 0. The second kappa shape index (κ2) is 6.48. The maximum atomic E-state index is 12.6. The van der Waals surface area contributed by atoms with E-state index in [1.165, 1.54) is 0 Å². The number of thioether (sulfide) groups is 1. The molecule has 20 heavy (non-hydrogen) atoms. The van der Waals surface area contributed by atoms with Crippen molar-refractivity contribution in [2.75, 3.05) is 23.4 Å². The lowest BCUT2D eigenvalue weighted by molar-refractivity contribution is 0.0988. The topological polar surface area (TPSA) is 46.3 Å². The highest BCUT2D eigenvalue weighted by molar-refractivity contribution is 7.98. The Morgan fingerprint density at radius 1 is 1.20 bits per heavy atom. The molecule has 0 fully saturated rings. The van der Waals surface area contributed by atoms with Crippen LogP contribution in [0.2, 0.25) is 0 Å². The smallest absolute Gasteiger partial charge is 0.258 e. The summed E-state index contributed by atoms with van der Waals surface area (Å²) in [6.07, 6.45) is 2.02. The maximum absolute atomic E-state index is 12.6. The second-order valence-electron chi connectivity index (χ2n) is 4.37. The Hall–Kier alpha value is -1.94. The summed E-state index contributed by atoms with van der Waals surface area (Å²) >= 11 is 1.66. The summed E-state index contributed by atoms with van der Waals surface area (Å²) in [5.41, 5.74) is 7.96. The van der Waals surface area contributed by atoms with Crippen LogP contribution in [0.5, 0.6) is 0 Å². The van der Waals surface area contributed by atoms with Gasteiger partial charge in [0, 0.05) is 28.4 Å². The number of benzene rings is 2. The minimum absolute atomic E-state index is 0.00856. The number of hydrogen-bond donors (Lipinski definition) is 1. The average Bonchev–Trinajstić information content (AvgIpc) is 2.48. The van der Waals surface area contributed by atoms with Gasteiger partial charge in [-0.2, -0.15) is 0 Å². The van der Waals surface area contributed by atoms with Crippen LogP contribution in [0.15, 0.2) is 53.4 Å². The van der Waals surface area contributed by atoms with Crippen LogP contribution in [0.1, 0.15) is 17.3 Å². The van der Waals surface area contributed by atoms with E-state index in [4.69, 9.17) is 5.73 Å². The molecule has 0 aliphatic heterocycles. The van der Waals surface area contributed by atoms with Crippen LogP contribution in [-0.2, 0) is 0 Å². The third-order valence-electron chi connectivity index (χ3n) is 3.08. The van der Waals surface area contributed by atoms with E-state index in [-0.39, 0.29) is 5.91 Å². The zero-order valence-corrected chi connectivity index (χ0v) is 12.5. The SMILES string of the molecule is CCN(C(=O)c1ccc(SC)cc1)c1cccc(N)c1. The zero-order chi connectivity index (χ0) is 14.5. The van der Waals surface area contributed by atoms with Crippen molar-refractivity contribution in [3.63, 3.8) is 0 Å². The molecule has 2 N–H and O–H groups in total. The molecular weight excluding hydrogens is 268 g/mol. The van der Waals surface area contributed by atoms with E-state index in [0.29, 0.717) is 17.8 Å². The van der Waals surface area contributed by atoms with Crippen LogP contribution < -0.4 is 10.6 Å². The van der Waals surface area contributed by atoms with E-state index in [1.807, 2.05) is 61.7 Å². The van der Waals surface area contributed by atoms with Crippen molar-refractivity contribution in [3.05, 3.63) is 54.1 Å². The number of nitrogen functional groups attached to an aromatic ring is 1. The normalized spacial score (nSPS) is 10.3. The molecule has 4 heteroatoms. The zero-order valence-electron chi connectivity index (χ0n) is 11.7. The highest BCUT2D eigenvalue weighted by Crippen LogP contribution is 2.21. The Morgan fingerprint density at radius 2 is 1.90 bits per heavy atom. The molecule has 0 aromatic heterocycles. The lowest BCUT2D eigenvalue weighted by Gasteiger charge is -2.21. The van der Waals surface area contributed by atoms with Crippen LogP contribution in [0.3, 0.4) is 0 Å². The van der Waals surface area contributed by atoms with E-state index in [0.717, 1.165) is 10.6 Å². The van der Waals surface area contributed by atoms with Gasteiger partial charge in [0.2, 0.25) is 0 Å². The number of carbonyl (C=O) groups is 1. The number of anilines is 2. The van der Waals surface area contributed by atoms with Crippen molar-refractivity contribution in [2.24, 2.45) is 0 Å². The van der Waals surface area contributed by atoms with E-state index >= 15 is 0 Å². The van der Waals surface area contributed by atoms with Crippen molar-refractivity contribution >= 4 is 29.0 Å². The van der Waals surface area contributed by atoms with Crippen molar-refractivity contribution < 1.29 is 4.79 Å². The average molecular weight is 286 g/mol. The van der Waals surface area contributed by atoms with E-state index < -0.39 is 0 Å². The van der Waals surface area contributed by atoms with Gasteiger partial charge in [0.25, 0.3) is 5.91 Å². The number of nitrogens with two attached hydrogens (primary N) is 1. The van der Waals surface area contributed by atoms with Gasteiger partial charge in [-0.1, -0.05) is 6.07 Å². The summed E-state index contributed by atoms with van der Waals surface area (Å²) in [6.45, 7) is 2.56. The molecule has 0 radical (unpaired) electrons. The molecule has 2 rings (SSSR count). The van der Waals surface area contributed by atoms with Crippen LogP contribution >= 0.6 is 11.8 Å². The van der Waals surface area contributed by atoms with Crippen molar-refractivity contribution in [1.29, 1.82) is 0 Å². The molecule has 104 valence electrons. The van der Waals surface area contributed by atoms with Crippen molar-refractivity contribution in [1.82, 2.24) is 0 Å². The van der Waals surface area contributed by atoms with E-state index in [1.54, 1.807) is 16.7 Å². The molecule has 0 aliphatic rings. The Balaban J connectivity index is 2.28. The molecule has 0 bridgehead atoms. The van der Waals surface area contributed by atoms with Crippen LogP contribution in [-0.4, -0.2) is 18.7 Å². The summed E-state index contributed by atoms with van der Waals surface area (Å²) in [4.78, 5) is 15.4. The first-order valence-corrected chi connectivity index (χ1v) is 7.69. The van der Waals surface area contributed by atoms with Gasteiger partial charge < -0.3 is 10.6 Å². The largest absolute Gasteiger partial charge is 0.399 e. The molecule has 0 aliphatic carbocycles. The first kappa shape index (κ1) is 14.5. The van der Waals surface area contributed by atoms with Gasteiger partial charge in [-0.25, -0.2) is 0 Å². The maximum Gasteiger partial charge on any atom is 0.258 e. The molecule has 0 saturated carbocycles. The van der Waals surface area contributed by atoms with Gasteiger partial charge in [-0.05, 0) is 55.6 Å². The monoisotopic (exact) mass is 286 g/mol. The molecule has 0 heterocycles. The number of rotatable bonds is 4. The standard InChI is InChI=1S/C16H18N2OS/c1-3-18(14-6-4-5-13(17)11-14)16(19)12-7-9-15(20-2)10-8-12/h4-11H,3,17H2,1-2H3. The quantitative estimate of drug-likeness (QED) is 0.689. The lowest BCUT2D eigenvalue weighted by Crippen LogP contribution is -2.30. The van der Waals surface area contributed by atoms with Crippen LogP contribution in [0.4, 0.5) is 11.4 Å². The predicted octanol–water partition coefficient (Wildman–Crippen LogP) is 3.66. The molecule has 0 unspecified atom stereocenters. The highest BCUT2D eigenvalue weighted by Gasteiger charge is 2.16. The molecule has 2 aromatic rings. The van der Waals surface area contributed by atoms with E-state index in [2.05, 4.69) is 0 Å². The number of carbonyl (C=O) groups excluding carboxylic acids is 1. The number of nitrogens with zero attached hydrogens (tertiary/aromatic N) is 1. The van der Waals surface area contributed by atoms with Gasteiger partial charge in [0.15, 0.2) is 0 Å². The predicted molar refractivity (Wildman–Crippen MR) is 86.4 cm³/mol. The lowest BCUT2D eigenvalue weighted by atomic mass is 10.1. The molecule has 3 nitrogen and oxygen atoms in total. The molecule has 0 atom stereocenters. The molecular formula is C16H18N2OS. The fourth-order valence-electron chi connectivity index (χ4n) is 2.03. The Bertz CT molecular complexity index is 596. The van der Waals surface area contributed by atoms with Crippen LogP contribution in [0, 0.1) is 0 Å². The minimum atomic E-state index is -0.00856. The Kier molecular flexibility index (Phi) is 4.69. The molecule has 2 aromatic carbocycles. The van der Waals surface area contributed by atoms with Crippen LogP contribution in [0.25, 0.3) is 0 Å². The second-order valence-corrected chi connectivity index (χ2v) is 5.25. The van der Waals surface area contributed by atoms with Gasteiger partial charge in [0.05, 0.1) is 0 Å². The molecule has 0 saturated heterocycles. The van der Waals surface area contributed by atoms with Crippen molar-refractivity contribution in [3.8, 4) is 0 Å². The van der Waals surface area contributed by atoms with Crippen molar-refractivity contribution in [2.45, 2.75) is 11.8 Å². The summed E-state index contributed by atoms with van der Waals surface area (Å²) in [5, 5.41) is 0. The molecule has 1 amide bonds. The first-order valence-electron chi connectivity index (χ1n) is 6.47. The van der Waals surface area contributed by atoms with Gasteiger partial charge >= 0.3 is 0 Å². The highest BCUT2D eigenvalue weighted by atomic mass is 32.2. The van der Waals surface area contributed by atoms with E-state index in [9.17, 15) is 4.79 Å². The minimum Gasteiger partial charge on any atom is -0.399 e. The van der Waals surface area contributed by atoms with Gasteiger partial charge in [-0.3, -0.25) is 4.79 Å². The third-order valence-corrected chi connectivity index (χ3v) is 3.82.